The van der Waals surface area contributed by atoms with Crippen molar-refractivity contribution in [2.24, 2.45) is 0 Å². The van der Waals surface area contributed by atoms with Crippen LogP contribution < -0.4 is 21.3 Å². The summed E-state index contributed by atoms with van der Waals surface area (Å²) in [6.07, 6.45) is 0. The molecule has 0 atom stereocenters. The lowest BCUT2D eigenvalue weighted by Crippen LogP contribution is -2.60. The number of fused-ring (bicyclic) bond motifs is 14. The Morgan fingerprint density at radius 2 is 0.840 bits per heavy atom. The maximum atomic E-state index is 2.64. The summed E-state index contributed by atoms with van der Waals surface area (Å²) < 4.78 is 7.61. The smallest absolute Gasteiger partial charge is 0.252 e. The first kappa shape index (κ1) is 45.9. The van der Waals surface area contributed by atoms with Gasteiger partial charge in [-0.1, -0.05) is 203 Å². The van der Waals surface area contributed by atoms with Crippen LogP contribution in [0, 0.1) is 0 Å². The van der Waals surface area contributed by atoms with E-state index in [1.807, 2.05) is 0 Å². The van der Waals surface area contributed by atoms with E-state index in [1.165, 1.54) is 138 Å². The Labute approximate surface area is 470 Å². The Balaban J connectivity index is 1.03. The summed E-state index contributed by atoms with van der Waals surface area (Å²) >= 11 is 0. The second-order valence-corrected chi connectivity index (χ2v) is 23.2. The van der Waals surface area contributed by atoms with Crippen LogP contribution in [0.25, 0.3) is 116 Å². The van der Waals surface area contributed by atoms with Crippen molar-refractivity contribution in [1.82, 2.24) is 13.7 Å². The first-order valence-corrected chi connectivity index (χ1v) is 28.4. The number of rotatable bonds is 6. The van der Waals surface area contributed by atoms with Crippen LogP contribution in [0.1, 0.15) is 26.3 Å². The fourth-order valence-corrected chi connectivity index (χ4v) is 14.1. The molecule has 17 rings (SSSR count). The Bertz CT molecular complexity index is 5060. The molecule has 2 aliphatic heterocycles. The van der Waals surface area contributed by atoms with Gasteiger partial charge in [0.2, 0.25) is 0 Å². The van der Waals surface area contributed by atoms with Crippen molar-refractivity contribution in [3.63, 3.8) is 0 Å². The molecule has 0 unspecified atom stereocenters. The molecule has 5 heteroatoms. The zero-order chi connectivity index (χ0) is 53.7. The van der Waals surface area contributed by atoms with E-state index in [-0.39, 0.29) is 12.1 Å². The molecule has 0 bridgehead atoms. The summed E-state index contributed by atoms with van der Waals surface area (Å²) in [5, 5.41) is 7.56. The topological polar surface area (TPSA) is 18.0 Å². The molecular weight excluding hydrogens is 980 g/mol. The normalized spacial score (nSPS) is 12.8. The molecule has 0 aliphatic carbocycles. The lowest BCUT2D eigenvalue weighted by atomic mass is 9.33. The summed E-state index contributed by atoms with van der Waals surface area (Å²) in [6.45, 7) is 6.87. The van der Waals surface area contributed by atoms with Gasteiger partial charge in [-0.05, 0) is 140 Å². The van der Waals surface area contributed by atoms with Crippen molar-refractivity contribution >= 4 is 106 Å². The number of hydrogen-bond acceptors (Lipinski definition) is 1. The quantitative estimate of drug-likeness (QED) is 0.152. The molecule has 0 saturated carbocycles. The minimum atomic E-state index is -0.109. The first-order chi connectivity index (χ1) is 39.9. The van der Waals surface area contributed by atoms with Gasteiger partial charge in [0.05, 0.1) is 33.3 Å². The maximum Gasteiger partial charge on any atom is 0.252 e. The monoisotopic (exact) mass is 1030 g/mol. The zero-order valence-corrected chi connectivity index (χ0v) is 45.3. The van der Waals surface area contributed by atoms with E-state index in [4.69, 9.17) is 0 Å². The standard InChI is InChI=1S/C76H53BN4/c1-76(2,3)53-39-40-65-59(45-53)60-46-69-62(47-68(60)79(65)55-27-14-7-15-28-55)77-61-32-20-31-58-73-67(42-41-66-72(73)57-30-17-19-34-64(57)78(66)54-25-12-6-13-26-54)81(75(58)61)71-44-52(49-23-10-5-11-24-49)43-70(74(71)77)80(69)63-33-18-16-29-56(63)51-37-35-50(36-38-51)48-21-8-4-9-22-48/h4-47H,1-3H3. The molecule has 0 saturated heterocycles. The van der Waals surface area contributed by atoms with Crippen LogP contribution in [-0.4, -0.2) is 20.4 Å². The third-order valence-electron chi connectivity index (χ3n) is 17.8. The third-order valence-corrected chi connectivity index (χ3v) is 17.8. The molecule has 2 aliphatic rings. The highest BCUT2D eigenvalue weighted by molar-refractivity contribution is 7.00. The van der Waals surface area contributed by atoms with Gasteiger partial charge in [-0.2, -0.15) is 0 Å². The lowest BCUT2D eigenvalue weighted by molar-refractivity contribution is 0.591. The van der Waals surface area contributed by atoms with E-state index in [2.05, 4.69) is 306 Å². The molecule has 0 fully saturated rings. The summed E-state index contributed by atoms with van der Waals surface area (Å²) in [5.41, 5.74) is 26.6. The molecular formula is C76H53BN4. The third kappa shape index (κ3) is 6.67. The van der Waals surface area contributed by atoms with Gasteiger partial charge in [-0.25, -0.2) is 0 Å². The minimum absolute atomic E-state index is 0.0466. The number of para-hydroxylation sites is 5. The SMILES string of the molecule is CC(C)(C)c1ccc2c(c1)c1cc3c(cc1n2-c1ccccc1)B1c2c(cc(-c4ccccc4)cc2-n2c4ccc5c(c6ccccc6n5-c5ccccc5)c4c4cccc1c42)N3c1ccccc1-c1ccc(-c2ccccc2)cc1. The Kier molecular flexibility index (Phi) is 9.74. The maximum absolute atomic E-state index is 2.64. The van der Waals surface area contributed by atoms with Crippen molar-refractivity contribution in [3.8, 4) is 50.4 Å². The van der Waals surface area contributed by atoms with Crippen LogP contribution in [0.15, 0.2) is 267 Å². The predicted molar refractivity (Wildman–Crippen MR) is 344 cm³/mol. The fourth-order valence-electron chi connectivity index (χ4n) is 14.1. The molecule has 15 aromatic rings. The van der Waals surface area contributed by atoms with Crippen molar-refractivity contribution < 1.29 is 0 Å². The number of nitrogens with zero attached hydrogens (tertiary/aromatic N) is 4. The molecule has 5 heterocycles. The van der Waals surface area contributed by atoms with Crippen molar-refractivity contribution in [1.29, 1.82) is 0 Å². The Morgan fingerprint density at radius 1 is 0.309 bits per heavy atom. The van der Waals surface area contributed by atoms with Gasteiger partial charge in [0, 0.05) is 71.8 Å². The summed E-state index contributed by atoms with van der Waals surface area (Å²) in [7, 11) is 0. The average molecular weight is 1030 g/mol. The molecule has 3 aromatic heterocycles. The van der Waals surface area contributed by atoms with Crippen molar-refractivity contribution in [2.45, 2.75) is 26.2 Å². The predicted octanol–water partition coefficient (Wildman–Crippen LogP) is 17.9. The molecule has 0 radical (unpaired) electrons. The van der Waals surface area contributed by atoms with E-state index in [0.717, 1.165) is 17.1 Å². The van der Waals surface area contributed by atoms with Gasteiger partial charge in [0.15, 0.2) is 0 Å². The van der Waals surface area contributed by atoms with Crippen LogP contribution in [-0.2, 0) is 5.41 Å². The fraction of sp³-hybridized carbons (Fsp3) is 0.0526. The average Bonchev–Trinajstić information content (AvgIpc) is 4.36. The molecule has 380 valence electrons. The van der Waals surface area contributed by atoms with Crippen LogP contribution in [0.3, 0.4) is 0 Å². The second kappa shape index (κ2) is 17.2. The van der Waals surface area contributed by atoms with E-state index in [0.29, 0.717) is 0 Å². The largest absolute Gasteiger partial charge is 0.311 e. The second-order valence-electron chi connectivity index (χ2n) is 23.2. The van der Waals surface area contributed by atoms with E-state index < -0.39 is 0 Å². The molecule has 0 amide bonds. The summed E-state index contributed by atoms with van der Waals surface area (Å²) in [4.78, 5) is 2.64. The lowest BCUT2D eigenvalue weighted by Gasteiger charge is -2.41. The molecule has 0 spiro atoms. The van der Waals surface area contributed by atoms with Crippen LogP contribution >= 0.6 is 0 Å². The zero-order valence-electron chi connectivity index (χ0n) is 45.3. The first-order valence-electron chi connectivity index (χ1n) is 28.4. The van der Waals surface area contributed by atoms with E-state index >= 15 is 0 Å². The van der Waals surface area contributed by atoms with Gasteiger partial charge in [-0.3, -0.25) is 0 Å². The van der Waals surface area contributed by atoms with Gasteiger partial charge in [0.25, 0.3) is 6.71 Å². The summed E-state index contributed by atoms with van der Waals surface area (Å²) in [5.74, 6) is 0. The van der Waals surface area contributed by atoms with Gasteiger partial charge >= 0.3 is 0 Å². The van der Waals surface area contributed by atoms with E-state index in [9.17, 15) is 0 Å². The molecule has 4 nitrogen and oxygen atoms in total. The number of aromatic nitrogens is 3. The summed E-state index contributed by atoms with van der Waals surface area (Å²) in [6, 6.07) is 100. The minimum Gasteiger partial charge on any atom is -0.311 e. The number of hydrogen-bond donors (Lipinski definition) is 0. The number of anilines is 3. The highest BCUT2D eigenvalue weighted by Gasteiger charge is 2.44. The Hall–Kier alpha value is -10.1. The molecule has 81 heavy (non-hydrogen) atoms. The van der Waals surface area contributed by atoms with Crippen LogP contribution in [0.4, 0.5) is 17.1 Å². The Morgan fingerprint density at radius 3 is 1.56 bits per heavy atom. The van der Waals surface area contributed by atoms with Gasteiger partial charge in [-0.15, -0.1) is 0 Å². The molecule has 12 aromatic carbocycles. The van der Waals surface area contributed by atoms with Gasteiger partial charge < -0.3 is 18.6 Å². The van der Waals surface area contributed by atoms with Crippen molar-refractivity contribution in [2.75, 3.05) is 4.90 Å². The number of benzene rings is 12. The van der Waals surface area contributed by atoms with E-state index in [1.54, 1.807) is 0 Å². The van der Waals surface area contributed by atoms with Crippen LogP contribution in [0.2, 0.25) is 0 Å². The highest BCUT2D eigenvalue weighted by Crippen LogP contribution is 2.50. The van der Waals surface area contributed by atoms with Gasteiger partial charge in [0.1, 0.15) is 0 Å². The van der Waals surface area contributed by atoms with Crippen molar-refractivity contribution in [3.05, 3.63) is 272 Å². The highest BCUT2D eigenvalue weighted by atomic mass is 15.2. The molecule has 0 N–H and O–H groups in total. The van der Waals surface area contributed by atoms with Crippen LogP contribution in [0.5, 0.6) is 0 Å².